The molecule has 1 aromatic heterocycles. The van der Waals surface area contributed by atoms with Gasteiger partial charge in [-0.3, -0.25) is 9.98 Å². The Morgan fingerprint density at radius 3 is 1.11 bits per heavy atom. The summed E-state index contributed by atoms with van der Waals surface area (Å²) in [5.74, 6) is 0. The summed E-state index contributed by atoms with van der Waals surface area (Å²) in [4.78, 5) is 12.8. The van der Waals surface area contributed by atoms with Crippen LogP contribution in [0.5, 0.6) is 0 Å². The topological polar surface area (TPSA) is 24.7 Å². The summed E-state index contributed by atoms with van der Waals surface area (Å²) >= 11 is 1.80. The average molecular weight is 487 g/mol. The van der Waals surface area contributed by atoms with Crippen molar-refractivity contribution >= 4 is 34.1 Å². The summed E-state index contributed by atoms with van der Waals surface area (Å²) in [7, 11) is 0. The van der Waals surface area contributed by atoms with Gasteiger partial charge in [-0.25, -0.2) is 0 Å². The van der Waals surface area contributed by atoms with E-state index in [-0.39, 0.29) is 0 Å². The zero-order chi connectivity index (χ0) is 25.5. The highest BCUT2D eigenvalue weighted by Gasteiger charge is 2.13. The summed E-state index contributed by atoms with van der Waals surface area (Å²) in [6.07, 6.45) is 6.15. The minimum Gasteiger partial charge on any atom is -0.252 e. The largest absolute Gasteiger partial charge is 0.252 e. The molecule has 35 heavy (non-hydrogen) atoms. The molecule has 3 aromatic rings. The number of aryl methyl sites for hydroxylation is 6. The van der Waals surface area contributed by atoms with E-state index in [9.17, 15) is 0 Å². The van der Waals surface area contributed by atoms with Crippen LogP contribution in [-0.4, -0.2) is 11.4 Å². The lowest BCUT2D eigenvalue weighted by molar-refractivity contribution is 1.04. The standard InChI is InChI=1S/C32H42N2S/c1-9-23-17-25(11-3)31(26(12-4)18-23)33-21(7)29-15-16-30(35-29)22(8)34-32-27(13-5)19-24(10-2)20-28(32)14-6/h15-20H,9-14H2,1-8H3. The summed E-state index contributed by atoms with van der Waals surface area (Å²) in [5.41, 5.74) is 12.7. The van der Waals surface area contributed by atoms with Crippen LogP contribution in [0, 0.1) is 0 Å². The molecule has 0 aliphatic heterocycles. The van der Waals surface area contributed by atoms with Crippen molar-refractivity contribution in [3.05, 3.63) is 79.5 Å². The molecule has 3 rings (SSSR count). The van der Waals surface area contributed by atoms with Crippen molar-refractivity contribution in [1.29, 1.82) is 0 Å². The van der Waals surface area contributed by atoms with Crippen LogP contribution in [0.25, 0.3) is 0 Å². The smallest absolute Gasteiger partial charge is 0.0697 e. The Bertz CT molecular complexity index is 1080. The van der Waals surface area contributed by atoms with Crippen LogP contribution in [0.15, 0.2) is 46.4 Å². The molecule has 0 saturated carbocycles. The molecule has 0 amide bonds. The molecule has 0 fully saturated rings. The number of aliphatic imine (C=N–C) groups is 2. The Labute approximate surface area is 217 Å². The highest BCUT2D eigenvalue weighted by Crippen LogP contribution is 2.32. The van der Waals surface area contributed by atoms with Gasteiger partial charge in [0.05, 0.1) is 22.8 Å². The maximum atomic E-state index is 5.16. The van der Waals surface area contributed by atoms with E-state index in [2.05, 4.69) is 91.8 Å². The molecular weight excluding hydrogens is 444 g/mol. The Balaban J connectivity index is 1.98. The lowest BCUT2D eigenvalue weighted by Gasteiger charge is -2.13. The van der Waals surface area contributed by atoms with Gasteiger partial charge in [-0.2, -0.15) is 0 Å². The Hall–Kier alpha value is -2.52. The third-order valence-electron chi connectivity index (χ3n) is 6.87. The van der Waals surface area contributed by atoms with Crippen LogP contribution in [0.1, 0.15) is 98.5 Å². The Morgan fingerprint density at radius 1 is 0.543 bits per heavy atom. The fourth-order valence-corrected chi connectivity index (χ4v) is 5.51. The van der Waals surface area contributed by atoms with Gasteiger partial charge >= 0.3 is 0 Å². The molecule has 0 atom stereocenters. The first-order valence-corrected chi connectivity index (χ1v) is 14.2. The maximum absolute atomic E-state index is 5.16. The van der Waals surface area contributed by atoms with E-state index in [0.717, 1.165) is 49.9 Å². The van der Waals surface area contributed by atoms with Gasteiger partial charge in [0, 0.05) is 9.75 Å². The normalized spacial score (nSPS) is 12.5. The molecule has 0 unspecified atom stereocenters. The quantitative estimate of drug-likeness (QED) is 0.255. The highest BCUT2D eigenvalue weighted by atomic mass is 32.1. The van der Waals surface area contributed by atoms with Gasteiger partial charge < -0.3 is 0 Å². The van der Waals surface area contributed by atoms with Gasteiger partial charge in [0.2, 0.25) is 0 Å². The molecule has 0 aliphatic rings. The van der Waals surface area contributed by atoms with E-state index in [1.54, 1.807) is 11.3 Å². The maximum Gasteiger partial charge on any atom is 0.0697 e. The molecule has 0 N–H and O–H groups in total. The number of hydrogen-bond donors (Lipinski definition) is 0. The second kappa shape index (κ2) is 12.4. The number of rotatable bonds is 10. The van der Waals surface area contributed by atoms with Crippen molar-refractivity contribution in [3.8, 4) is 0 Å². The van der Waals surface area contributed by atoms with Gasteiger partial charge in [0.25, 0.3) is 0 Å². The molecule has 186 valence electrons. The molecule has 2 aromatic carbocycles. The molecule has 0 saturated heterocycles. The van der Waals surface area contributed by atoms with E-state index in [1.165, 1.54) is 54.5 Å². The minimum atomic E-state index is 1.00. The van der Waals surface area contributed by atoms with Crippen molar-refractivity contribution in [1.82, 2.24) is 0 Å². The van der Waals surface area contributed by atoms with E-state index in [4.69, 9.17) is 9.98 Å². The first-order chi connectivity index (χ1) is 16.9. The van der Waals surface area contributed by atoms with Gasteiger partial charge in [-0.05, 0) is 97.9 Å². The summed E-state index contributed by atoms with van der Waals surface area (Å²) in [5, 5.41) is 0. The second-order valence-corrected chi connectivity index (χ2v) is 10.3. The highest BCUT2D eigenvalue weighted by molar-refractivity contribution is 7.16. The number of hydrogen-bond acceptors (Lipinski definition) is 3. The zero-order valence-corrected chi connectivity index (χ0v) is 23.8. The SMILES string of the molecule is CCc1cc(CC)c(N=C(C)c2ccc(C(C)=Nc3c(CC)cc(CC)cc3CC)s2)c(CC)c1. The van der Waals surface area contributed by atoms with Crippen molar-refractivity contribution < 1.29 is 0 Å². The van der Waals surface area contributed by atoms with Gasteiger partial charge in [-0.1, -0.05) is 65.8 Å². The summed E-state index contributed by atoms with van der Waals surface area (Å²) < 4.78 is 0. The summed E-state index contributed by atoms with van der Waals surface area (Å²) in [6, 6.07) is 13.8. The van der Waals surface area contributed by atoms with Crippen molar-refractivity contribution in [2.45, 2.75) is 93.9 Å². The number of nitrogens with zero attached hydrogens (tertiary/aromatic N) is 2. The third kappa shape index (κ3) is 6.19. The molecule has 3 heteroatoms. The first-order valence-electron chi connectivity index (χ1n) is 13.4. The zero-order valence-electron chi connectivity index (χ0n) is 23.0. The van der Waals surface area contributed by atoms with Gasteiger partial charge in [0.15, 0.2) is 0 Å². The monoisotopic (exact) mass is 486 g/mol. The predicted molar refractivity (Wildman–Crippen MR) is 157 cm³/mol. The predicted octanol–water partition coefficient (Wildman–Crippen LogP) is 9.40. The molecule has 0 bridgehead atoms. The molecule has 1 heterocycles. The summed E-state index contributed by atoms with van der Waals surface area (Å²) in [6.45, 7) is 17.7. The Kier molecular flexibility index (Phi) is 9.63. The van der Waals surface area contributed by atoms with Gasteiger partial charge in [-0.15, -0.1) is 11.3 Å². The minimum absolute atomic E-state index is 1.00. The molecule has 2 nitrogen and oxygen atoms in total. The number of thiophene rings is 1. The van der Waals surface area contributed by atoms with Crippen LogP contribution in [0.3, 0.4) is 0 Å². The lowest BCUT2D eigenvalue weighted by Crippen LogP contribution is -1.97. The van der Waals surface area contributed by atoms with Gasteiger partial charge in [0.1, 0.15) is 0 Å². The number of benzene rings is 2. The van der Waals surface area contributed by atoms with E-state index >= 15 is 0 Å². The van der Waals surface area contributed by atoms with Crippen LogP contribution >= 0.6 is 11.3 Å². The van der Waals surface area contributed by atoms with Crippen molar-refractivity contribution in [3.63, 3.8) is 0 Å². The van der Waals surface area contributed by atoms with Crippen molar-refractivity contribution in [2.75, 3.05) is 0 Å². The van der Waals surface area contributed by atoms with E-state index < -0.39 is 0 Å². The molecule has 0 spiro atoms. The molecule has 0 radical (unpaired) electrons. The van der Waals surface area contributed by atoms with Crippen LogP contribution < -0.4 is 0 Å². The second-order valence-electron chi connectivity index (χ2n) is 9.20. The molecule has 0 aliphatic carbocycles. The molecular formula is C32H42N2S. The van der Waals surface area contributed by atoms with Crippen molar-refractivity contribution in [2.24, 2.45) is 9.98 Å². The fraction of sp³-hybridized carbons (Fsp3) is 0.438. The first kappa shape index (κ1) is 27.1. The van der Waals surface area contributed by atoms with E-state index in [1.807, 2.05) is 0 Å². The average Bonchev–Trinajstić information content (AvgIpc) is 3.39. The Morgan fingerprint density at radius 2 is 0.857 bits per heavy atom. The van der Waals surface area contributed by atoms with Crippen LogP contribution in [0.4, 0.5) is 11.4 Å². The van der Waals surface area contributed by atoms with E-state index in [0.29, 0.717) is 0 Å². The van der Waals surface area contributed by atoms with Crippen LogP contribution in [0.2, 0.25) is 0 Å². The third-order valence-corrected chi connectivity index (χ3v) is 8.18. The lowest BCUT2D eigenvalue weighted by atomic mass is 9.98. The van der Waals surface area contributed by atoms with Crippen LogP contribution in [-0.2, 0) is 38.5 Å². The fourth-order valence-electron chi connectivity index (χ4n) is 4.61.